The number of thiol groups is 2. The van der Waals surface area contributed by atoms with Crippen LogP contribution in [0.1, 0.15) is 123 Å². The molecule has 184 valence electrons. The molecule has 0 heterocycles. The minimum atomic E-state index is -0.359. The predicted octanol–water partition coefficient (Wildman–Crippen LogP) is 7.34. The first-order valence-electron chi connectivity index (χ1n) is 12.7. The van der Waals surface area contributed by atoms with E-state index >= 15 is 0 Å². The lowest BCUT2D eigenvalue weighted by Gasteiger charge is -2.12. The Kier molecular flexibility index (Phi) is 22.6. The molecule has 0 aliphatic carbocycles. The Morgan fingerprint density at radius 1 is 0.548 bits per heavy atom. The third kappa shape index (κ3) is 20.0. The average molecular weight is 477 g/mol. The third-order valence-corrected chi connectivity index (χ3v) is 6.42. The first-order valence-corrected chi connectivity index (χ1v) is 13.8. The van der Waals surface area contributed by atoms with Crippen LogP contribution in [0.15, 0.2) is 0 Å². The number of carbonyl (C=O) groups excluding carboxylic acids is 2. The van der Waals surface area contributed by atoms with Gasteiger partial charge in [-0.1, -0.05) is 104 Å². The molecule has 0 aromatic heterocycles. The molecule has 0 fully saturated rings. The maximum Gasteiger partial charge on any atom is 0.318 e. The summed E-state index contributed by atoms with van der Waals surface area (Å²) in [4.78, 5) is 23.9. The van der Waals surface area contributed by atoms with Gasteiger partial charge < -0.3 is 9.47 Å². The Bertz CT molecular complexity index is 394. The summed E-state index contributed by atoms with van der Waals surface area (Å²) < 4.78 is 10.5. The summed E-state index contributed by atoms with van der Waals surface area (Å²) >= 11 is 8.72. The van der Waals surface area contributed by atoms with Gasteiger partial charge in [-0.15, -0.1) is 0 Å². The van der Waals surface area contributed by atoms with E-state index in [9.17, 15) is 9.59 Å². The van der Waals surface area contributed by atoms with Crippen LogP contribution in [0.5, 0.6) is 0 Å². The van der Waals surface area contributed by atoms with Crippen molar-refractivity contribution in [3.8, 4) is 0 Å². The fraction of sp³-hybridized carbons (Fsp3) is 0.920. The molecule has 2 atom stereocenters. The van der Waals surface area contributed by atoms with E-state index in [-0.39, 0.29) is 35.7 Å². The summed E-state index contributed by atoms with van der Waals surface area (Å²) in [5.74, 6) is -0.543. The van der Waals surface area contributed by atoms with Crippen LogP contribution in [0.3, 0.4) is 0 Å². The van der Waals surface area contributed by atoms with Crippen LogP contribution < -0.4 is 0 Å². The minimum Gasteiger partial charge on any atom is -0.465 e. The van der Waals surface area contributed by atoms with Gasteiger partial charge in [0.05, 0.1) is 23.7 Å². The van der Waals surface area contributed by atoms with Crippen LogP contribution in [0.2, 0.25) is 0 Å². The highest BCUT2D eigenvalue weighted by atomic mass is 32.1. The van der Waals surface area contributed by atoms with E-state index in [1.807, 2.05) is 0 Å². The van der Waals surface area contributed by atoms with Crippen LogP contribution in [-0.4, -0.2) is 35.7 Å². The van der Waals surface area contributed by atoms with E-state index in [0.717, 1.165) is 38.5 Å². The lowest BCUT2D eigenvalue weighted by Crippen LogP contribution is -2.21. The molecule has 0 aromatic carbocycles. The van der Waals surface area contributed by atoms with Crippen molar-refractivity contribution in [2.75, 3.05) is 13.2 Å². The topological polar surface area (TPSA) is 52.6 Å². The Morgan fingerprint density at radius 3 is 1.23 bits per heavy atom. The Hall–Kier alpha value is -0.360. The van der Waals surface area contributed by atoms with Crippen LogP contribution in [0.4, 0.5) is 0 Å². The molecule has 2 unspecified atom stereocenters. The number of rotatable bonds is 22. The van der Waals surface area contributed by atoms with Crippen molar-refractivity contribution < 1.29 is 19.1 Å². The van der Waals surface area contributed by atoms with Gasteiger partial charge in [0, 0.05) is 6.42 Å². The number of carbonyl (C=O) groups is 2. The van der Waals surface area contributed by atoms with Crippen molar-refractivity contribution in [2.45, 2.75) is 134 Å². The summed E-state index contributed by atoms with van der Waals surface area (Å²) in [5, 5.41) is -0.719. The highest BCUT2D eigenvalue weighted by Crippen LogP contribution is 2.15. The van der Waals surface area contributed by atoms with Gasteiger partial charge in [0.1, 0.15) is 0 Å². The Labute approximate surface area is 202 Å². The summed E-state index contributed by atoms with van der Waals surface area (Å²) in [6.45, 7) is 4.96. The van der Waals surface area contributed by atoms with E-state index in [1.54, 1.807) is 0 Å². The van der Waals surface area contributed by atoms with Crippen LogP contribution in [0.25, 0.3) is 0 Å². The number of ether oxygens (including phenoxy) is 2. The molecule has 0 rings (SSSR count). The van der Waals surface area contributed by atoms with Crippen molar-refractivity contribution in [1.82, 2.24) is 0 Å². The highest BCUT2D eigenvalue weighted by molar-refractivity contribution is 7.82. The second kappa shape index (κ2) is 22.8. The number of hydrogen-bond acceptors (Lipinski definition) is 6. The van der Waals surface area contributed by atoms with Crippen molar-refractivity contribution in [3.63, 3.8) is 0 Å². The van der Waals surface area contributed by atoms with Gasteiger partial charge in [-0.25, -0.2) is 0 Å². The molecule has 0 spiro atoms. The van der Waals surface area contributed by atoms with Gasteiger partial charge in [-0.3, -0.25) is 9.59 Å². The van der Waals surface area contributed by atoms with E-state index in [0.29, 0.717) is 6.42 Å². The van der Waals surface area contributed by atoms with E-state index in [2.05, 4.69) is 39.1 Å². The maximum atomic E-state index is 12.0. The van der Waals surface area contributed by atoms with Crippen LogP contribution in [0, 0.1) is 0 Å². The molecule has 0 aliphatic rings. The third-order valence-electron chi connectivity index (χ3n) is 5.48. The van der Waals surface area contributed by atoms with E-state index in [1.165, 1.54) is 64.2 Å². The summed E-state index contributed by atoms with van der Waals surface area (Å²) in [7, 11) is 0. The summed E-state index contributed by atoms with van der Waals surface area (Å²) in [6, 6.07) is 0. The van der Waals surface area contributed by atoms with Crippen molar-refractivity contribution in [3.05, 3.63) is 0 Å². The molecule has 0 aromatic rings. The lowest BCUT2D eigenvalue weighted by atomic mass is 10.1. The fourth-order valence-corrected chi connectivity index (χ4v) is 3.94. The fourth-order valence-electron chi connectivity index (χ4n) is 3.42. The summed E-state index contributed by atoms with van der Waals surface area (Å²) in [5.41, 5.74) is 0. The molecule has 0 aliphatic heterocycles. The van der Waals surface area contributed by atoms with Crippen molar-refractivity contribution in [2.24, 2.45) is 0 Å². The number of esters is 2. The number of hydrogen-bond donors (Lipinski definition) is 2. The molecule has 31 heavy (non-hydrogen) atoms. The maximum absolute atomic E-state index is 12.0. The average Bonchev–Trinajstić information content (AvgIpc) is 2.76. The Balaban J connectivity index is 3.58. The van der Waals surface area contributed by atoms with Crippen LogP contribution >= 0.6 is 25.3 Å². The number of unbranched alkanes of at least 4 members (excludes halogenated alkanes) is 12. The SMILES string of the molecule is CCCCCCCCCC(S)C(=O)OCCCOC(=O)C(S)CCCCCCCCC. The normalized spacial score (nSPS) is 13.0. The Morgan fingerprint density at radius 2 is 0.871 bits per heavy atom. The second-order valence-electron chi connectivity index (χ2n) is 8.54. The largest absolute Gasteiger partial charge is 0.465 e. The smallest absolute Gasteiger partial charge is 0.318 e. The lowest BCUT2D eigenvalue weighted by molar-refractivity contribution is -0.145. The molecule has 0 amide bonds. The molecular weight excluding hydrogens is 428 g/mol. The van der Waals surface area contributed by atoms with E-state index in [4.69, 9.17) is 9.47 Å². The molecule has 0 saturated heterocycles. The summed E-state index contributed by atoms with van der Waals surface area (Å²) in [6.07, 6.45) is 19.1. The zero-order chi connectivity index (χ0) is 23.2. The highest BCUT2D eigenvalue weighted by Gasteiger charge is 2.16. The first-order chi connectivity index (χ1) is 15.0. The molecule has 0 radical (unpaired) electrons. The molecular formula is C25H48O4S2. The molecule has 0 bridgehead atoms. The standard InChI is InChI=1S/C25H48O4S2/c1-3-5-7-9-11-13-15-18-22(30)24(26)28-20-17-21-29-25(27)23(31)19-16-14-12-10-8-6-4-2/h22-23,30-31H,3-21H2,1-2H3. The zero-order valence-corrected chi connectivity index (χ0v) is 21.9. The first kappa shape index (κ1) is 30.6. The molecule has 4 nitrogen and oxygen atoms in total. The van der Waals surface area contributed by atoms with E-state index < -0.39 is 0 Å². The van der Waals surface area contributed by atoms with Crippen LogP contribution in [-0.2, 0) is 19.1 Å². The molecule has 0 saturated carbocycles. The van der Waals surface area contributed by atoms with Gasteiger partial charge in [0.2, 0.25) is 0 Å². The zero-order valence-electron chi connectivity index (χ0n) is 20.1. The van der Waals surface area contributed by atoms with Gasteiger partial charge in [0.15, 0.2) is 0 Å². The quantitative estimate of drug-likeness (QED) is 0.0975. The van der Waals surface area contributed by atoms with Gasteiger partial charge in [0.25, 0.3) is 0 Å². The molecule has 6 heteroatoms. The minimum absolute atomic E-state index is 0.259. The monoisotopic (exact) mass is 476 g/mol. The van der Waals surface area contributed by atoms with Gasteiger partial charge >= 0.3 is 11.9 Å². The second-order valence-corrected chi connectivity index (χ2v) is 9.79. The van der Waals surface area contributed by atoms with Crippen molar-refractivity contribution >= 4 is 37.2 Å². The molecule has 0 N–H and O–H groups in total. The van der Waals surface area contributed by atoms with Gasteiger partial charge in [-0.2, -0.15) is 25.3 Å². The van der Waals surface area contributed by atoms with Crippen molar-refractivity contribution in [1.29, 1.82) is 0 Å². The predicted molar refractivity (Wildman–Crippen MR) is 137 cm³/mol. The van der Waals surface area contributed by atoms with Gasteiger partial charge in [-0.05, 0) is 12.8 Å².